The fourth-order valence-corrected chi connectivity index (χ4v) is 4.44. The predicted molar refractivity (Wildman–Crippen MR) is 94.6 cm³/mol. The Balaban J connectivity index is 2.47. The van der Waals surface area contributed by atoms with Gasteiger partial charge in [-0.05, 0) is 31.5 Å². The van der Waals surface area contributed by atoms with Crippen LogP contribution >= 0.6 is 19.2 Å². The molecule has 0 saturated heterocycles. The minimum absolute atomic E-state index is 0.0294. The monoisotopic (exact) mass is 389 g/mol. The molecule has 1 heterocycles. The number of halogens is 1. The van der Waals surface area contributed by atoms with E-state index in [9.17, 15) is 9.36 Å². The molecule has 0 spiro atoms. The summed E-state index contributed by atoms with van der Waals surface area (Å²) in [4.78, 5) is 16.2. The van der Waals surface area contributed by atoms with Crippen molar-refractivity contribution in [3.05, 3.63) is 34.9 Å². The number of hydrazine groups is 1. The molecule has 0 bridgehead atoms. The maximum atomic E-state index is 13.2. The van der Waals surface area contributed by atoms with Crippen LogP contribution in [0.3, 0.4) is 0 Å². The summed E-state index contributed by atoms with van der Waals surface area (Å²) in [5.41, 5.74) is 6.15. The van der Waals surface area contributed by atoms with Gasteiger partial charge in [0.25, 0.3) is 0 Å². The van der Waals surface area contributed by atoms with E-state index in [2.05, 4.69) is 20.6 Å². The van der Waals surface area contributed by atoms with Gasteiger partial charge in [0.2, 0.25) is 5.84 Å². The summed E-state index contributed by atoms with van der Waals surface area (Å²) >= 11 is 5.94. The average molecular weight is 390 g/mol. The van der Waals surface area contributed by atoms with E-state index in [0.717, 1.165) is 0 Å². The molecule has 1 aliphatic heterocycles. The Labute approximate surface area is 151 Å². The highest BCUT2D eigenvalue weighted by Gasteiger charge is 2.45. The van der Waals surface area contributed by atoms with Gasteiger partial charge in [-0.2, -0.15) is 0 Å². The van der Waals surface area contributed by atoms with Crippen LogP contribution in [-0.4, -0.2) is 37.9 Å². The summed E-state index contributed by atoms with van der Waals surface area (Å²) in [6.07, 6.45) is 0. The Morgan fingerprint density at radius 3 is 2.36 bits per heavy atom. The first-order valence-electron chi connectivity index (χ1n) is 7.77. The van der Waals surface area contributed by atoms with E-state index in [0.29, 0.717) is 10.6 Å². The third-order valence-electron chi connectivity index (χ3n) is 3.45. The smallest absolute Gasteiger partial charge is 0.374 e. The molecule has 0 saturated carbocycles. The maximum Gasteiger partial charge on any atom is 0.374 e. The lowest BCUT2D eigenvalue weighted by atomic mass is 10.1. The molecule has 0 radical (unpaired) electrons. The van der Waals surface area contributed by atoms with E-state index in [1.165, 1.54) is 7.11 Å². The Morgan fingerprint density at radius 1 is 1.24 bits per heavy atom. The number of carbonyl (C=O) groups excluding carboxylic acids is 1. The summed E-state index contributed by atoms with van der Waals surface area (Å²) in [6.45, 7) is 3.86. The Hall–Kier alpha value is -1.44. The largest absolute Gasteiger partial charge is 0.463 e. The first-order chi connectivity index (χ1) is 11.9. The van der Waals surface area contributed by atoms with E-state index in [1.807, 2.05) is 0 Å². The number of benzene rings is 1. The Bertz CT molecular complexity index is 672. The maximum absolute atomic E-state index is 13.2. The van der Waals surface area contributed by atoms with E-state index in [1.54, 1.807) is 38.1 Å². The molecule has 0 aliphatic carbocycles. The van der Waals surface area contributed by atoms with Crippen molar-refractivity contribution in [2.45, 2.75) is 25.7 Å². The molecule has 2 atom stereocenters. The fourth-order valence-electron chi connectivity index (χ4n) is 2.39. The molecule has 1 aromatic rings. The molecular formula is C15H21ClN3O5P. The van der Waals surface area contributed by atoms with Gasteiger partial charge in [-0.25, -0.2) is 10.2 Å². The van der Waals surface area contributed by atoms with Gasteiger partial charge in [-0.3, -0.25) is 15.0 Å². The Morgan fingerprint density at radius 2 is 1.84 bits per heavy atom. The van der Waals surface area contributed by atoms with Crippen LogP contribution in [0.15, 0.2) is 29.3 Å². The van der Waals surface area contributed by atoms with E-state index in [4.69, 9.17) is 20.6 Å². The van der Waals surface area contributed by atoms with E-state index < -0.39 is 25.4 Å². The quantitative estimate of drug-likeness (QED) is 0.546. The first kappa shape index (κ1) is 19.9. The van der Waals surface area contributed by atoms with E-state index >= 15 is 0 Å². The van der Waals surface area contributed by atoms with Crippen LogP contribution in [0.4, 0.5) is 0 Å². The van der Waals surface area contributed by atoms with Crippen molar-refractivity contribution in [2.24, 2.45) is 4.99 Å². The summed E-state index contributed by atoms with van der Waals surface area (Å²) in [6, 6.07) is 6.17. The molecule has 2 rings (SSSR count). The van der Waals surface area contributed by atoms with Crippen molar-refractivity contribution < 1.29 is 23.1 Å². The molecular weight excluding hydrogens is 369 g/mol. The van der Waals surface area contributed by atoms with Crippen molar-refractivity contribution in [3.63, 3.8) is 0 Å². The van der Waals surface area contributed by atoms with Gasteiger partial charge in [0, 0.05) is 5.02 Å². The van der Waals surface area contributed by atoms with Crippen LogP contribution in [0, 0.1) is 0 Å². The van der Waals surface area contributed by atoms with Gasteiger partial charge in [-0.1, -0.05) is 23.7 Å². The van der Waals surface area contributed by atoms with Crippen LogP contribution in [0.2, 0.25) is 5.02 Å². The minimum Gasteiger partial charge on any atom is -0.463 e. The third-order valence-corrected chi connectivity index (χ3v) is 6.04. The first-order valence-corrected chi connectivity index (χ1v) is 9.76. The van der Waals surface area contributed by atoms with Gasteiger partial charge in [0.05, 0.1) is 20.3 Å². The van der Waals surface area contributed by atoms with Crippen LogP contribution in [-0.2, 0) is 23.1 Å². The third kappa shape index (κ3) is 4.59. The van der Waals surface area contributed by atoms with Crippen molar-refractivity contribution in [3.8, 4) is 0 Å². The van der Waals surface area contributed by atoms with Gasteiger partial charge < -0.3 is 13.8 Å². The fraction of sp³-hybridized carbons (Fsp3) is 0.467. The zero-order valence-corrected chi connectivity index (χ0v) is 15.8. The molecule has 138 valence electrons. The number of hydrogen-bond donors (Lipinski definition) is 2. The standard InChI is InChI=1S/C15H21ClN3O5P/c1-4-23-25(21,24-5-2)14-12(10-6-8-11(16)9-7-10)17-13(18-19-14)15(20)22-3/h6-9,12,14,19H,4-5H2,1-3H3,(H,17,18)/t12-,14-/m1/s1. The normalized spacial score (nSPS) is 20.6. The van der Waals surface area contributed by atoms with Gasteiger partial charge in [0.1, 0.15) is 6.04 Å². The second-order valence-electron chi connectivity index (χ2n) is 5.06. The molecule has 0 aromatic heterocycles. The summed E-state index contributed by atoms with van der Waals surface area (Å²) in [5, 5.41) is 0.553. The number of esters is 1. The van der Waals surface area contributed by atoms with Crippen molar-refractivity contribution in [1.82, 2.24) is 10.9 Å². The molecule has 0 fully saturated rings. The van der Waals surface area contributed by atoms with Crippen LogP contribution in [0.25, 0.3) is 0 Å². The number of amidine groups is 1. The molecule has 1 aromatic carbocycles. The van der Waals surface area contributed by atoms with E-state index in [-0.39, 0.29) is 19.0 Å². The minimum atomic E-state index is -3.56. The van der Waals surface area contributed by atoms with Gasteiger partial charge in [0.15, 0.2) is 5.78 Å². The lowest BCUT2D eigenvalue weighted by Crippen LogP contribution is -2.53. The number of rotatable bonds is 7. The van der Waals surface area contributed by atoms with Crippen LogP contribution in [0.5, 0.6) is 0 Å². The average Bonchev–Trinajstić information content (AvgIpc) is 2.61. The topological polar surface area (TPSA) is 98.2 Å². The van der Waals surface area contributed by atoms with Crippen LogP contribution in [0.1, 0.15) is 25.5 Å². The summed E-state index contributed by atoms with van der Waals surface area (Å²) in [7, 11) is -2.31. The lowest BCUT2D eigenvalue weighted by Gasteiger charge is -2.34. The number of nitrogens with one attached hydrogen (secondary N) is 2. The van der Waals surface area contributed by atoms with Crippen molar-refractivity contribution in [1.29, 1.82) is 0 Å². The highest BCUT2D eigenvalue weighted by Crippen LogP contribution is 2.56. The van der Waals surface area contributed by atoms with Gasteiger partial charge in [-0.15, -0.1) is 0 Å². The van der Waals surface area contributed by atoms with Gasteiger partial charge >= 0.3 is 13.6 Å². The second-order valence-corrected chi connectivity index (χ2v) is 7.64. The number of methoxy groups -OCH3 is 1. The molecule has 0 amide bonds. The zero-order chi connectivity index (χ0) is 18.4. The van der Waals surface area contributed by atoms with Crippen molar-refractivity contribution >= 4 is 31.0 Å². The predicted octanol–water partition coefficient (Wildman–Crippen LogP) is 2.65. The number of hydrogen-bond acceptors (Lipinski definition) is 8. The summed E-state index contributed by atoms with van der Waals surface area (Å²) < 4.78 is 28.7. The Kier molecular flexibility index (Phi) is 6.98. The molecule has 8 nitrogen and oxygen atoms in total. The highest BCUT2D eigenvalue weighted by atomic mass is 35.5. The highest BCUT2D eigenvalue weighted by molar-refractivity contribution is 7.54. The number of ether oxygens (including phenoxy) is 1. The van der Waals surface area contributed by atoms with Crippen molar-refractivity contribution in [2.75, 3.05) is 20.3 Å². The molecule has 10 heteroatoms. The lowest BCUT2D eigenvalue weighted by molar-refractivity contribution is -0.133. The summed E-state index contributed by atoms with van der Waals surface area (Å²) in [5.74, 6) is -1.51. The molecule has 1 aliphatic rings. The molecule has 0 unspecified atom stereocenters. The number of carbonyl (C=O) groups is 1. The number of nitrogens with zero attached hydrogens (tertiary/aromatic N) is 1. The SMILES string of the molecule is CCOP(=O)(OCC)[C@H]1NNC(C(=O)OC)=N[C@@H]1c1ccc(Cl)cc1. The van der Waals surface area contributed by atoms with Crippen LogP contribution < -0.4 is 10.9 Å². The zero-order valence-electron chi connectivity index (χ0n) is 14.2. The molecule has 25 heavy (non-hydrogen) atoms. The molecule has 2 N–H and O–H groups in total. The number of aliphatic imine (C=N–C) groups is 1. The second kappa shape index (κ2) is 8.78.